The quantitative estimate of drug-likeness (QED) is 0.724. The molecule has 1 aromatic carbocycles. The monoisotopic (exact) mass is 292 g/mol. The van der Waals surface area contributed by atoms with Crippen LogP contribution in [-0.4, -0.2) is 35.2 Å². The molecular formula is C11H12N6O2S. The van der Waals surface area contributed by atoms with Crippen molar-refractivity contribution in [3.05, 3.63) is 29.8 Å². The Hall–Kier alpha value is -2.44. The van der Waals surface area contributed by atoms with Gasteiger partial charge in [-0.05, 0) is 29.5 Å². The maximum atomic E-state index is 12.1. The van der Waals surface area contributed by atoms with Crippen molar-refractivity contribution in [3.63, 3.8) is 0 Å². The molecular weight excluding hydrogens is 280 g/mol. The molecule has 8 nitrogen and oxygen atoms in total. The molecule has 0 aliphatic carbocycles. The van der Waals surface area contributed by atoms with Crippen molar-refractivity contribution in [2.45, 2.75) is 4.90 Å². The standard InChI is InChI=1S/C11H12N6O2S/c1-17-14-11(13-16-17)15-20(18,19)10-6-4-9(5-7-10)3-2-8-12/h4-7H,8,12H2,1H3,(H,14,15). The SMILES string of the molecule is Cn1nnc(NS(=O)(=O)c2ccc(C#CCN)cc2)n1. The number of nitrogens with one attached hydrogen (secondary N) is 1. The van der Waals surface area contributed by atoms with Crippen molar-refractivity contribution in [1.82, 2.24) is 20.2 Å². The lowest BCUT2D eigenvalue weighted by Crippen LogP contribution is -2.14. The van der Waals surface area contributed by atoms with Crippen molar-refractivity contribution in [2.75, 3.05) is 11.3 Å². The number of benzene rings is 1. The number of sulfonamides is 1. The van der Waals surface area contributed by atoms with E-state index in [1.165, 1.54) is 19.2 Å². The molecule has 0 amide bonds. The molecule has 0 aliphatic heterocycles. The van der Waals surface area contributed by atoms with Crippen LogP contribution in [0.25, 0.3) is 0 Å². The molecule has 0 saturated heterocycles. The van der Waals surface area contributed by atoms with E-state index in [-0.39, 0.29) is 17.4 Å². The second kappa shape index (κ2) is 5.68. The van der Waals surface area contributed by atoms with Gasteiger partial charge in [-0.2, -0.15) is 4.80 Å². The molecule has 0 unspecified atom stereocenters. The molecule has 0 atom stereocenters. The third kappa shape index (κ3) is 3.31. The van der Waals surface area contributed by atoms with Gasteiger partial charge in [0.25, 0.3) is 16.0 Å². The Morgan fingerprint density at radius 1 is 1.35 bits per heavy atom. The number of rotatable bonds is 3. The smallest absolute Gasteiger partial charge is 0.277 e. The van der Waals surface area contributed by atoms with Crippen LogP contribution >= 0.6 is 0 Å². The van der Waals surface area contributed by atoms with E-state index in [0.29, 0.717) is 5.56 Å². The van der Waals surface area contributed by atoms with Gasteiger partial charge >= 0.3 is 0 Å². The molecule has 2 aromatic rings. The average Bonchev–Trinajstić information content (AvgIpc) is 2.81. The van der Waals surface area contributed by atoms with Crippen LogP contribution in [0, 0.1) is 11.8 Å². The number of nitrogens with two attached hydrogens (primary N) is 1. The highest BCUT2D eigenvalue weighted by atomic mass is 32.2. The first-order chi connectivity index (χ1) is 9.51. The summed E-state index contributed by atoms with van der Waals surface area (Å²) in [5.74, 6) is 5.41. The van der Waals surface area contributed by atoms with E-state index in [9.17, 15) is 8.42 Å². The zero-order chi connectivity index (χ0) is 14.6. The van der Waals surface area contributed by atoms with E-state index >= 15 is 0 Å². The molecule has 0 saturated carbocycles. The Bertz CT molecular complexity index is 754. The highest BCUT2D eigenvalue weighted by Gasteiger charge is 2.16. The number of nitrogens with zero attached hydrogens (tertiary/aromatic N) is 4. The van der Waals surface area contributed by atoms with Crippen molar-refractivity contribution in [2.24, 2.45) is 12.8 Å². The lowest BCUT2D eigenvalue weighted by Gasteiger charge is -2.03. The minimum Gasteiger partial charge on any atom is -0.320 e. The number of aryl methyl sites for hydroxylation is 1. The van der Waals surface area contributed by atoms with E-state index in [2.05, 4.69) is 32.0 Å². The molecule has 0 radical (unpaired) electrons. The molecule has 0 spiro atoms. The number of hydrogen-bond donors (Lipinski definition) is 2. The van der Waals surface area contributed by atoms with Gasteiger partial charge in [-0.3, -0.25) is 0 Å². The third-order valence-corrected chi connectivity index (χ3v) is 3.58. The molecule has 0 fully saturated rings. The first-order valence-electron chi connectivity index (χ1n) is 5.57. The zero-order valence-corrected chi connectivity index (χ0v) is 11.4. The van der Waals surface area contributed by atoms with Crippen LogP contribution in [0.5, 0.6) is 0 Å². The van der Waals surface area contributed by atoms with E-state index < -0.39 is 10.0 Å². The maximum Gasteiger partial charge on any atom is 0.277 e. The van der Waals surface area contributed by atoms with Gasteiger partial charge in [0.2, 0.25) is 0 Å². The minimum absolute atomic E-state index is 0.0838. The summed E-state index contributed by atoms with van der Waals surface area (Å²) in [7, 11) is -2.20. The van der Waals surface area contributed by atoms with Crippen LogP contribution in [0.2, 0.25) is 0 Å². The van der Waals surface area contributed by atoms with Gasteiger partial charge in [-0.1, -0.05) is 16.9 Å². The molecule has 1 aromatic heterocycles. The Morgan fingerprint density at radius 2 is 2.05 bits per heavy atom. The predicted molar refractivity (Wildman–Crippen MR) is 72.0 cm³/mol. The number of hydrogen-bond acceptors (Lipinski definition) is 6. The predicted octanol–water partition coefficient (Wildman–Crippen LogP) is -0.679. The van der Waals surface area contributed by atoms with Crippen LogP contribution < -0.4 is 10.5 Å². The largest absolute Gasteiger partial charge is 0.320 e. The number of aromatic nitrogens is 4. The zero-order valence-electron chi connectivity index (χ0n) is 10.6. The van der Waals surface area contributed by atoms with Gasteiger partial charge < -0.3 is 5.73 Å². The van der Waals surface area contributed by atoms with Crippen molar-refractivity contribution >= 4 is 16.0 Å². The minimum atomic E-state index is -3.74. The summed E-state index contributed by atoms with van der Waals surface area (Å²) >= 11 is 0. The normalized spacial score (nSPS) is 10.7. The van der Waals surface area contributed by atoms with Crippen molar-refractivity contribution < 1.29 is 8.42 Å². The number of tetrazole rings is 1. The fourth-order valence-corrected chi connectivity index (χ4v) is 2.31. The molecule has 3 N–H and O–H groups in total. The first-order valence-corrected chi connectivity index (χ1v) is 7.05. The molecule has 2 rings (SSSR count). The van der Waals surface area contributed by atoms with Crippen LogP contribution in [0.15, 0.2) is 29.2 Å². The Balaban J connectivity index is 2.21. The highest BCUT2D eigenvalue weighted by molar-refractivity contribution is 7.92. The summed E-state index contributed by atoms with van der Waals surface area (Å²) in [6, 6.07) is 6.08. The highest BCUT2D eigenvalue weighted by Crippen LogP contribution is 2.13. The summed E-state index contributed by atoms with van der Waals surface area (Å²) in [5, 5.41) is 10.8. The van der Waals surface area contributed by atoms with Gasteiger partial charge in [-0.15, -0.1) is 5.10 Å². The van der Waals surface area contributed by atoms with Crippen LogP contribution in [0.1, 0.15) is 5.56 Å². The van der Waals surface area contributed by atoms with Gasteiger partial charge in [0.15, 0.2) is 0 Å². The van der Waals surface area contributed by atoms with E-state index in [1.807, 2.05) is 0 Å². The van der Waals surface area contributed by atoms with Gasteiger partial charge in [0.1, 0.15) is 0 Å². The molecule has 1 heterocycles. The van der Waals surface area contributed by atoms with Crippen LogP contribution in [0.4, 0.5) is 5.95 Å². The van der Waals surface area contributed by atoms with Crippen molar-refractivity contribution in [1.29, 1.82) is 0 Å². The van der Waals surface area contributed by atoms with Crippen molar-refractivity contribution in [3.8, 4) is 11.8 Å². The second-order valence-electron chi connectivity index (χ2n) is 3.74. The Labute approximate surface area is 116 Å². The Morgan fingerprint density at radius 3 is 2.60 bits per heavy atom. The van der Waals surface area contributed by atoms with E-state index in [0.717, 1.165) is 4.80 Å². The maximum absolute atomic E-state index is 12.1. The van der Waals surface area contributed by atoms with Crippen LogP contribution in [0.3, 0.4) is 0 Å². The third-order valence-electron chi connectivity index (χ3n) is 2.23. The van der Waals surface area contributed by atoms with Gasteiger partial charge in [-0.25, -0.2) is 13.1 Å². The van der Waals surface area contributed by atoms with E-state index in [1.54, 1.807) is 12.1 Å². The van der Waals surface area contributed by atoms with Gasteiger partial charge in [0, 0.05) is 5.56 Å². The molecule has 0 aliphatic rings. The Kier molecular flexibility index (Phi) is 3.97. The van der Waals surface area contributed by atoms with E-state index in [4.69, 9.17) is 5.73 Å². The molecule has 9 heteroatoms. The summed E-state index contributed by atoms with van der Waals surface area (Å²) in [5.41, 5.74) is 5.95. The lowest BCUT2D eigenvalue weighted by atomic mass is 10.2. The fourth-order valence-electron chi connectivity index (χ4n) is 1.37. The molecule has 20 heavy (non-hydrogen) atoms. The summed E-state index contributed by atoms with van der Waals surface area (Å²) in [6.07, 6.45) is 0. The van der Waals surface area contributed by atoms with Crippen LogP contribution in [-0.2, 0) is 17.1 Å². The first kappa shape index (κ1) is 14.0. The molecule has 0 bridgehead atoms. The van der Waals surface area contributed by atoms with Gasteiger partial charge in [0.05, 0.1) is 18.5 Å². The average molecular weight is 292 g/mol. The summed E-state index contributed by atoms with van der Waals surface area (Å²) in [4.78, 5) is 1.24. The topological polar surface area (TPSA) is 116 Å². The summed E-state index contributed by atoms with van der Waals surface area (Å²) < 4.78 is 26.3. The number of anilines is 1. The summed E-state index contributed by atoms with van der Waals surface area (Å²) in [6.45, 7) is 0.250. The second-order valence-corrected chi connectivity index (χ2v) is 5.42. The fraction of sp³-hybridized carbons (Fsp3) is 0.182. The molecule has 104 valence electrons. The lowest BCUT2D eigenvalue weighted by molar-refractivity contribution is 0.600.